The number of nitrogens with zero attached hydrogens (tertiary/aromatic N) is 2. The fraction of sp³-hybridized carbons (Fsp3) is 0.333. The largest absolute Gasteiger partial charge is 0.473 e. The molecule has 8 nitrogen and oxygen atoms in total. The number of rotatable bonds is 9. The average molecular weight is 553 g/mol. The zero-order valence-corrected chi connectivity index (χ0v) is 23.0. The van der Waals surface area contributed by atoms with E-state index in [-0.39, 0.29) is 0 Å². The number of hydrogen-bond donors (Lipinski definition) is 2. The van der Waals surface area contributed by atoms with E-state index in [1.54, 1.807) is 24.3 Å². The molecule has 1 atom stereocenters. The second-order valence-corrected chi connectivity index (χ2v) is 11.5. The third-order valence-electron chi connectivity index (χ3n) is 6.83. The van der Waals surface area contributed by atoms with E-state index in [2.05, 4.69) is 41.0 Å². The van der Waals surface area contributed by atoms with Gasteiger partial charge in [-0.15, -0.1) is 0 Å². The summed E-state index contributed by atoms with van der Waals surface area (Å²) in [6, 6.07) is 27.2. The molecule has 39 heavy (non-hydrogen) atoms. The number of carboxylic acid groups (broad SMARTS) is 2. The molecule has 1 aliphatic heterocycles. The van der Waals surface area contributed by atoms with Gasteiger partial charge in [-0.05, 0) is 55.1 Å². The molecule has 1 fully saturated rings. The normalized spacial score (nSPS) is 14.6. The molecular formula is C30H36N2O6S. The van der Waals surface area contributed by atoms with Crippen molar-refractivity contribution in [3.05, 3.63) is 96.1 Å². The van der Waals surface area contributed by atoms with E-state index < -0.39 is 27.0 Å². The van der Waals surface area contributed by atoms with Crippen LogP contribution in [0, 0.1) is 0 Å². The number of aryl methyl sites for hydroxylation is 1. The highest BCUT2D eigenvalue weighted by Gasteiger charge is 2.29. The zero-order chi connectivity index (χ0) is 28.3. The molecule has 0 saturated carbocycles. The SMILES string of the molecule is CCc1ccccc1N1CCN(CCCC(c2ccccc2)S(=O)(=O)c2ccccc2)CC1.O=C(O)C(=O)O. The Labute approximate surface area is 230 Å². The number of carbonyl (C=O) groups is 2. The van der Waals surface area contributed by atoms with Crippen LogP contribution in [-0.2, 0) is 25.8 Å². The van der Waals surface area contributed by atoms with Crippen molar-refractivity contribution >= 4 is 27.5 Å². The van der Waals surface area contributed by atoms with E-state index in [4.69, 9.17) is 19.8 Å². The maximum absolute atomic E-state index is 13.5. The molecule has 0 aliphatic carbocycles. The van der Waals surface area contributed by atoms with Gasteiger partial charge in [0.05, 0.1) is 10.1 Å². The van der Waals surface area contributed by atoms with Crippen LogP contribution in [0.3, 0.4) is 0 Å². The molecule has 0 spiro atoms. The smallest absolute Gasteiger partial charge is 0.414 e. The third kappa shape index (κ3) is 8.40. The summed E-state index contributed by atoms with van der Waals surface area (Å²) in [7, 11) is -3.44. The Morgan fingerprint density at radius 1 is 0.795 bits per heavy atom. The van der Waals surface area contributed by atoms with Crippen molar-refractivity contribution in [1.82, 2.24) is 4.90 Å². The fourth-order valence-corrected chi connectivity index (χ4v) is 6.63. The average Bonchev–Trinajstić information content (AvgIpc) is 2.96. The molecule has 1 heterocycles. The minimum atomic E-state index is -3.44. The van der Waals surface area contributed by atoms with Crippen molar-refractivity contribution < 1.29 is 28.2 Å². The topological polar surface area (TPSA) is 115 Å². The van der Waals surface area contributed by atoms with Gasteiger partial charge in [0.1, 0.15) is 0 Å². The first-order valence-corrected chi connectivity index (χ1v) is 14.6. The predicted molar refractivity (Wildman–Crippen MR) is 152 cm³/mol. The second kappa shape index (κ2) is 14.5. The van der Waals surface area contributed by atoms with Gasteiger partial charge in [-0.2, -0.15) is 0 Å². The van der Waals surface area contributed by atoms with Gasteiger partial charge >= 0.3 is 11.9 Å². The third-order valence-corrected chi connectivity index (χ3v) is 9.01. The van der Waals surface area contributed by atoms with Gasteiger partial charge in [-0.25, -0.2) is 18.0 Å². The lowest BCUT2D eigenvalue weighted by Crippen LogP contribution is -2.47. The van der Waals surface area contributed by atoms with Crippen LogP contribution in [-0.4, -0.2) is 68.2 Å². The highest BCUT2D eigenvalue weighted by molar-refractivity contribution is 7.91. The second-order valence-electron chi connectivity index (χ2n) is 9.32. The summed E-state index contributed by atoms with van der Waals surface area (Å²) in [5.41, 5.74) is 3.64. The molecule has 4 rings (SSSR count). The van der Waals surface area contributed by atoms with Gasteiger partial charge in [0.25, 0.3) is 0 Å². The maximum Gasteiger partial charge on any atom is 0.414 e. The first-order chi connectivity index (χ1) is 18.7. The van der Waals surface area contributed by atoms with Crippen molar-refractivity contribution in [3.8, 4) is 0 Å². The summed E-state index contributed by atoms with van der Waals surface area (Å²) < 4.78 is 26.9. The standard InChI is InChI=1S/C28H34N2O2S.C2H2O4/c1-2-24-12-9-10-17-27(24)30-22-20-29(21-23-30)19-11-18-28(25-13-5-3-6-14-25)33(31,32)26-15-7-4-8-16-26;3-1(4)2(5)6/h3-10,12-17,28H,2,11,18-23H2,1H3;(H,3,4)(H,5,6). The number of hydrogen-bond acceptors (Lipinski definition) is 6. The number of para-hydroxylation sites is 1. The highest BCUT2D eigenvalue weighted by atomic mass is 32.2. The van der Waals surface area contributed by atoms with Crippen LogP contribution in [0.4, 0.5) is 5.69 Å². The number of benzene rings is 3. The number of anilines is 1. The quantitative estimate of drug-likeness (QED) is 0.372. The summed E-state index contributed by atoms with van der Waals surface area (Å²) in [4.78, 5) is 23.6. The van der Waals surface area contributed by atoms with Crippen molar-refractivity contribution in [2.75, 3.05) is 37.6 Å². The minimum Gasteiger partial charge on any atom is -0.473 e. The van der Waals surface area contributed by atoms with Crippen molar-refractivity contribution in [2.45, 2.75) is 36.3 Å². The van der Waals surface area contributed by atoms with Crippen LogP contribution in [0.5, 0.6) is 0 Å². The molecule has 1 aliphatic rings. The fourth-order valence-electron chi connectivity index (χ4n) is 4.77. The van der Waals surface area contributed by atoms with Crippen LogP contribution in [0.15, 0.2) is 89.8 Å². The number of carboxylic acids is 2. The monoisotopic (exact) mass is 552 g/mol. The molecule has 2 N–H and O–H groups in total. The molecule has 3 aromatic carbocycles. The summed E-state index contributed by atoms with van der Waals surface area (Å²) in [5, 5.41) is 14.3. The Balaban J connectivity index is 0.000000631. The predicted octanol–water partition coefficient (Wildman–Crippen LogP) is 4.52. The van der Waals surface area contributed by atoms with Gasteiger partial charge in [-0.1, -0.05) is 73.7 Å². The van der Waals surface area contributed by atoms with E-state index in [1.165, 1.54) is 11.3 Å². The lowest BCUT2D eigenvalue weighted by molar-refractivity contribution is -0.159. The van der Waals surface area contributed by atoms with Crippen LogP contribution < -0.4 is 4.90 Å². The van der Waals surface area contributed by atoms with Crippen molar-refractivity contribution in [2.24, 2.45) is 0 Å². The summed E-state index contributed by atoms with van der Waals surface area (Å²) in [6.45, 7) is 7.19. The van der Waals surface area contributed by atoms with E-state index in [0.29, 0.717) is 11.3 Å². The summed E-state index contributed by atoms with van der Waals surface area (Å²) >= 11 is 0. The lowest BCUT2D eigenvalue weighted by atomic mass is 10.1. The maximum atomic E-state index is 13.5. The molecule has 208 valence electrons. The van der Waals surface area contributed by atoms with E-state index in [9.17, 15) is 8.42 Å². The molecular weight excluding hydrogens is 516 g/mol. The Hall–Kier alpha value is -3.69. The molecule has 0 aromatic heterocycles. The number of sulfone groups is 1. The molecule has 3 aromatic rings. The van der Waals surface area contributed by atoms with E-state index >= 15 is 0 Å². The van der Waals surface area contributed by atoms with E-state index in [1.807, 2.05) is 36.4 Å². The molecule has 1 unspecified atom stereocenters. The molecule has 1 saturated heterocycles. The summed E-state index contributed by atoms with van der Waals surface area (Å²) in [5.74, 6) is -3.65. The molecule has 0 radical (unpaired) electrons. The van der Waals surface area contributed by atoms with Gasteiger partial charge in [0.2, 0.25) is 0 Å². The van der Waals surface area contributed by atoms with Gasteiger partial charge in [-0.3, -0.25) is 4.90 Å². The van der Waals surface area contributed by atoms with Crippen LogP contribution in [0.2, 0.25) is 0 Å². The lowest BCUT2D eigenvalue weighted by Gasteiger charge is -2.37. The van der Waals surface area contributed by atoms with Crippen LogP contribution >= 0.6 is 0 Å². The minimum absolute atomic E-state index is 0.405. The van der Waals surface area contributed by atoms with Gasteiger partial charge in [0.15, 0.2) is 9.84 Å². The first-order valence-electron chi connectivity index (χ1n) is 13.1. The van der Waals surface area contributed by atoms with Crippen molar-refractivity contribution in [3.63, 3.8) is 0 Å². The summed E-state index contributed by atoms with van der Waals surface area (Å²) in [6.07, 6.45) is 2.53. The van der Waals surface area contributed by atoms with Crippen LogP contribution in [0.25, 0.3) is 0 Å². The number of piperazine rings is 1. The Bertz CT molecular complexity index is 1300. The van der Waals surface area contributed by atoms with E-state index in [0.717, 1.165) is 51.1 Å². The van der Waals surface area contributed by atoms with Gasteiger partial charge in [0, 0.05) is 31.9 Å². The molecule has 0 amide bonds. The molecule has 0 bridgehead atoms. The number of aliphatic carboxylic acids is 2. The van der Waals surface area contributed by atoms with Crippen molar-refractivity contribution in [1.29, 1.82) is 0 Å². The zero-order valence-electron chi connectivity index (χ0n) is 22.1. The highest BCUT2D eigenvalue weighted by Crippen LogP contribution is 2.33. The Morgan fingerprint density at radius 3 is 1.90 bits per heavy atom. The molecule has 9 heteroatoms. The van der Waals surface area contributed by atoms with Crippen LogP contribution in [0.1, 0.15) is 36.1 Å². The Kier molecular flexibility index (Phi) is 11.1. The van der Waals surface area contributed by atoms with Gasteiger partial charge < -0.3 is 15.1 Å². The Morgan fingerprint density at radius 2 is 1.33 bits per heavy atom. The first kappa shape index (κ1) is 29.9.